The largest absolute Gasteiger partial charge is 0.490 e. The number of ether oxygens (including phenoxy) is 1. The van der Waals surface area contributed by atoms with E-state index in [0.29, 0.717) is 4.47 Å². The normalized spacial score (nSPS) is 9.29. The van der Waals surface area contributed by atoms with E-state index < -0.39 is 5.82 Å². The summed E-state index contributed by atoms with van der Waals surface area (Å²) in [6, 6.07) is 4.49. The van der Waals surface area contributed by atoms with Crippen LogP contribution in [0.3, 0.4) is 0 Å². The predicted octanol–water partition coefficient (Wildman–Crippen LogP) is 3.28. The van der Waals surface area contributed by atoms with E-state index in [-0.39, 0.29) is 18.9 Å². The molecule has 0 aliphatic carbocycles. The molecule has 1 aromatic carbocycles. The molecule has 0 heterocycles. The highest BCUT2D eigenvalue weighted by Crippen LogP contribution is 2.21. The van der Waals surface area contributed by atoms with Crippen molar-refractivity contribution in [1.82, 2.24) is 0 Å². The number of azide groups is 1. The maximum atomic E-state index is 13.1. The first-order valence-electron chi connectivity index (χ1n) is 3.83. The van der Waals surface area contributed by atoms with E-state index in [9.17, 15) is 4.39 Å². The lowest BCUT2D eigenvalue weighted by molar-refractivity contribution is 0.311. The van der Waals surface area contributed by atoms with Gasteiger partial charge in [0.15, 0.2) is 11.6 Å². The van der Waals surface area contributed by atoms with Crippen LogP contribution >= 0.6 is 15.9 Å². The molecule has 0 aliphatic rings. The Kier molecular flexibility index (Phi) is 4.22. The Hall–Kier alpha value is -1.26. The van der Waals surface area contributed by atoms with Crippen LogP contribution < -0.4 is 4.74 Å². The Balaban J connectivity index is 2.54. The first-order valence-corrected chi connectivity index (χ1v) is 4.62. The lowest BCUT2D eigenvalue weighted by Gasteiger charge is -2.04. The van der Waals surface area contributed by atoms with Gasteiger partial charge < -0.3 is 4.74 Å². The van der Waals surface area contributed by atoms with Crippen molar-refractivity contribution in [3.63, 3.8) is 0 Å². The number of benzene rings is 1. The fraction of sp³-hybridized carbons (Fsp3) is 0.250. The standard InChI is InChI=1S/C8H7BrFN3O/c9-6-1-2-8(7(10)5-6)14-4-3-12-13-11/h1-2,5H,3-4H2. The minimum atomic E-state index is -0.444. The highest BCUT2D eigenvalue weighted by atomic mass is 79.9. The summed E-state index contributed by atoms with van der Waals surface area (Å²) in [4.78, 5) is 2.55. The predicted molar refractivity (Wildman–Crippen MR) is 53.6 cm³/mol. The quantitative estimate of drug-likeness (QED) is 0.354. The van der Waals surface area contributed by atoms with Gasteiger partial charge in [0.05, 0.1) is 13.2 Å². The molecule has 0 N–H and O–H groups in total. The van der Waals surface area contributed by atoms with E-state index in [0.717, 1.165) is 0 Å². The number of hydrogen-bond donors (Lipinski definition) is 0. The van der Waals surface area contributed by atoms with Crippen LogP contribution in [0.15, 0.2) is 27.8 Å². The Labute approximate surface area is 88.4 Å². The first kappa shape index (κ1) is 10.8. The molecule has 0 aromatic heterocycles. The van der Waals surface area contributed by atoms with Gasteiger partial charge in [-0.1, -0.05) is 21.0 Å². The van der Waals surface area contributed by atoms with E-state index in [2.05, 4.69) is 26.0 Å². The van der Waals surface area contributed by atoms with Crippen molar-refractivity contribution in [2.45, 2.75) is 0 Å². The van der Waals surface area contributed by atoms with Crippen LogP contribution in [0.4, 0.5) is 4.39 Å². The molecule has 0 fully saturated rings. The number of hydrogen-bond acceptors (Lipinski definition) is 2. The fourth-order valence-corrected chi connectivity index (χ4v) is 1.17. The third kappa shape index (κ3) is 3.24. The summed E-state index contributed by atoms with van der Waals surface area (Å²) in [5.41, 5.74) is 7.98. The fourth-order valence-electron chi connectivity index (χ4n) is 0.833. The van der Waals surface area contributed by atoms with E-state index in [1.165, 1.54) is 12.1 Å². The van der Waals surface area contributed by atoms with Gasteiger partial charge in [-0.15, -0.1) is 0 Å². The molecule has 0 amide bonds. The van der Waals surface area contributed by atoms with Crippen molar-refractivity contribution in [3.05, 3.63) is 38.9 Å². The van der Waals surface area contributed by atoms with Crippen LogP contribution in [0.25, 0.3) is 10.4 Å². The van der Waals surface area contributed by atoms with Crippen LogP contribution in [0.1, 0.15) is 0 Å². The summed E-state index contributed by atoms with van der Waals surface area (Å²) < 4.78 is 18.8. The molecule has 1 rings (SSSR count). The summed E-state index contributed by atoms with van der Waals surface area (Å²) in [5.74, 6) is -0.290. The molecule has 0 saturated heterocycles. The van der Waals surface area contributed by atoms with Crippen molar-refractivity contribution in [3.8, 4) is 5.75 Å². The minimum Gasteiger partial charge on any atom is -0.490 e. The van der Waals surface area contributed by atoms with Gasteiger partial charge in [-0.05, 0) is 23.7 Å². The van der Waals surface area contributed by atoms with Gasteiger partial charge in [0.2, 0.25) is 0 Å². The second-order valence-corrected chi connectivity index (χ2v) is 3.29. The summed E-state index contributed by atoms with van der Waals surface area (Å²) in [5, 5.41) is 3.26. The molecule has 0 aliphatic heterocycles. The van der Waals surface area contributed by atoms with Crippen molar-refractivity contribution in [1.29, 1.82) is 0 Å². The molecular weight excluding hydrogens is 253 g/mol. The van der Waals surface area contributed by atoms with Gasteiger partial charge >= 0.3 is 0 Å². The highest BCUT2D eigenvalue weighted by molar-refractivity contribution is 9.10. The third-order valence-corrected chi connectivity index (χ3v) is 1.90. The van der Waals surface area contributed by atoms with Crippen LogP contribution in [-0.2, 0) is 0 Å². The van der Waals surface area contributed by atoms with Crippen molar-refractivity contribution < 1.29 is 9.13 Å². The molecular formula is C8H7BrFN3O. The average Bonchev–Trinajstić information content (AvgIpc) is 2.15. The summed E-state index contributed by atoms with van der Waals surface area (Å²) in [6.45, 7) is 0.356. The maximum absolute atomic E-state index is 13.1. The lowest BCUT2D eigenvalue weighted by Crippen LogP contribution is -2.01. The van der Waals surface area contributed by atoms with E-state index in [4.69, 9.17) is 10.3 Å². The monoisotopic (exact) mass is 259 g/mol. The van der Waals surface area contributed by atoms with Gasteiger partial charge in [0.25, 0.3) is 0 Å². The summed E-state index contributed by atoms with van der Waals surface area (Å²) in [6.07, 6.45) is 0. The molecule has 0 saturated carbocycles. The van der Waals surface area contributed by atoms with Gasteiger partial charge in [0, 0.05) is 9.38 Å². The minimum absolute atomic E-state index is 0.154. The summed E-state index contributed by atoms with van der Waals surface area (Å²) in [7, 11) is 0. The third-order valence-electron chi connectivity index (χ3n) is 1.41. The molecule has 0 unspecified atom stereocenters. The van der Waals surface area contributed by atoms with E-state index in [1.54, 1.807) is 6.07 Å². The van der Waals surface area contributed by atoms with Crippen molar-refractivity contribution in [2.24, 2.45) is 5.11 Å². The smallest absolute Gasteiger partial charge is 0.166 e. The molecule has 14 heavy (non-hydrogen) atoms. The van der Waals surface area contributed by atoms with Gasteiger partial charge in [0.1, 0.15) is 0 Å². The number of nitrogens with zero attached hydrogens (tertiary/aromatic N) is 3. The zero-order chi connectivity index (χ0) is 10.4. The van der Waals surface area contributed by atoms with Gasteiger partial charge in [-0.2, -0.15) is 0 Å². The zero-order valence-corrected chi connectivity index (χ0v) is 8.74. The molecule has 0 spiro atoms. The van der Waals surface area contributed by atoms with Gasteiger partial charge in [-0.3, -0.25) is 0 Å². The van der Waals surface area contributed by atoms with Gasteiger partial charge in [-0.25, -0.2) is 4.39 Å². The highest BCUT2D eigenvalue weighted by Gasteiger charge is 2.02. The molecule has 0 radical (unpaired) electrons. The second kappa shape index (κ2) is 5.47. The first-order chi connectivity index (χ1) is 6.74. The van der Waals surface area contributed by atoms with Crippen molar-refractivity contribution >= 4 is 15.9 Å². The SMILES string of the molecule is [N-]=[N+]=NCCOc1ccc(Br)cc1F. The zero-order valence-electron chi connectivity index (χ0n) is 7.15. The Morgan fingerprint density at radius 2 is 2.36 bits per heavy atom. The lowest BCUT2D eigenvalue weighted by atomic mass is 10.3. The Morgan fingerprint density at radius 1 is 1.57 bits per heavy atom. The molecule has 74 valence electrons. The average molecular weight is 260 g/mol. The molecule has 6 heteroatoms. The van der Waals surface area contributed by atoms with Crippen molar-refractivity contribution in [2.75, 3.05) is 13.2 Å². The van der Waals surface area contributed by atoms with Crippen LogP contribution in [0.5, 0.6) is 5.75 Å². The number of rotatable bonds is 4. The molecule has 1 aromatic rings. The molecule has 0 bridgehead atoms. The van der Waals surface area contributed by atoms with Crippen LogP contribution in [0, 0.1) is 5.82 Å². The van der Waals surface area contributed by atoms with Crippen LogP contribution in [-0.4, -0.2) is 13.2 Å². The Morgan fingerprint density at radius 3 is 3.00 bits per heavy atom. The maximum Gasteiger partial charge on any atom is 0.166 e. The van der Waals surface area contributed by atoms with E-state index >= 15 is 0 Å². The van der Waals surface area contributed by atoms with Crippen LogP contribution in [0.2, 0.25) is 0 Å². The molecule has 4 nitrogen and oxygen atoms in total. The Bertz CT molecular complexity index is 366. The second-order valence-electron chi connectivity index (χ2n) is 2.38. The van der Waals surface area contributed by atoms with E-state index in [1.807, 2.05) is 0 Å². The molecule has 0 atom stereocenters. The topological polar surface area (TPSA) is 58.0 Å². The number of halogens is 2. The summed E-state index contributed by atoms with van der Waals surface area (Å²) >= 11 is 3.13.